The number of phenolic OH excluding ortho intramolecular Hbond substituents is 1. The Morgan fingerprint density at radius 3 is 1.84 bits per heavy atom. The van der Waals surface area contributed by atoms with E-state index >= 15 is 0 Å². The van der Waals surface area contributed by atoms with Gasteiger partial charge in [0, 0.05) is 0 Å². The molecule has 0 unspecified atom stereocenters. The SMILES string of the molecule is N[C@@H](Cc1cccc(S(=O)(=O)N2CC(Oc3ccc(OC(F)F)cc3)(c3ccccc3)C2)c1)C(=O)O.O=CO.Oc1ccc(OC(F)F)cc1. The van der Waals surface area contributed by atoms with Gasteiger partial charge >= 0.3 is 19.2 Å². The summed E-state index contributed by atoms with van der Waals surface area (Å²) < 4.78 is 90.5. The number of alkyl halides is 4. The molecule has 0 aliphatic carbocycles. The molecule has 1 fully saturated rings. The summed E-state index contributed by atoms with van der Waals surface area (Å²) in [6.45, 7) is -6.00. The molecule has 12 nitrogen and oxygen atoms in total. The zero-order valence-electron chi connectivity index (χ0n) is 25.9. The van der Waals surface area contributed by atoms with Crippen LogP contribution in [0.4, 0.5) is 17.6 Å². The first-order valence-corrected chi connectivity index (χ1v) is 15.8. The molecule has 5 rings (SSSR count). The third-order valence-electron chi connectivity index (χ3n) is 6.90. The second-order valence-electron chi connectivity index (χ2n) is 10.4. The number of nitrogens with zero attached hydrogens (tertiary/aromatic N) is 1. The number of hydrogen-bond acceptors (Lipinski definition) is 9. The molecular formula is C33H32F4N2O10S. The lowest BCUT2D eigenvalue weighted by molar-refractivity contribution is -0.138. The maximum atomic E-state index is 13.3. The van der Waals surface area contributed by atoms with Gasteiger partial charge < -0.3 is 35.3 Å². The topological polar surface area (TPSA) is 186 Å². The summed E-state index contributed by atoms with van der Waals surface area (Å²) >= 11 is 0. The van der Waals surface area contributed by atoms with Gasteiger partial charge in [0.25, 0.3) is 6.47 Å². The number of carboxylic acid groups (broad SMARTS) is 2. The molecule has 4 aromatic carbocycles. The van der Waals surface area contributed by atoms with Crippen LogP contribution in [0.5, 0.6) is 23.0 Å². The molecule has 1 atom stereocenters. The first kappa shape index (κ1) is 39.1. The van der Waals surface area contributed by atoms with Crippen LogP contribution in [0.15, 0.2) is 108 Å². The van der Waals surface area contributed by atoms with Crippen LogP contribution >= 0.6 is 0 Å². The van der Waals surface area contributed by atoms with Gasteiger partial charge in [0.2, 0.25) is 10.0 Å². The van der Waals surface area contributed by atoms with E-state index in [2.05, 4.69) is 9.47 Å². The summed E-state index contributed by atoms with van der Waals surface area (Å²) in [5.74, 6) is -0.775. The van der Waals surface area contributed by atoms with Crippen molar-refractivity contribution in [1.82, 2.24) is 4.31 Å². The van der Waals surface area contributed by atoms with Gasteiger partial charge in [0.15, 0.2) is 5.60 Å². The number of phenols is 1. The molecule has 1 aliphatic heterocycles. The Balaban J connectivity index is 0.000000404. The maximum absolute atomic E-state index is 13.3. The molecular weight excluding hydrogens is 692 g/mol. The van der Waals surface area contributed by atoms with Gasteiger partial charge in [-0.05, 0) is 78.2 Å². The van der Waals surface area contributed by atoms with Gasteiger partial charge in [0.1, 0.15) is 29.0 Å². The van der Waals surface area contributed by atoms with Gasteiger partial charge in [-0.3, -0.25) is 9.59 Å². The number of aromatic hydroxyl groups is 1. The molecule has 17 heteroatoms. The highest BCUT2D eigenvalue weighted by Crippen LogP contribution is 2.40. The van der Waals surface area contributed by atoms with Gasteiger partial charge in [-0.2, -0.15) is 21.9 Å². The number of carboxylic acids is 1. The molecule has 0 bridgehead atoms. The van der Waals surface area contributed by atoms with Gasteiger partial charge in [-0.15, -0.1) is 0 Å². The minimum atomic E-state index is -3.91. The van der Waals surface area contributed by atoms with Crippen molar-refractivity contribution in [3.05, 3.63) is 114 Å². The first-order chi connectivity index (χ1) is 23.7. The van der Waals surface area contributed by atoms with Crippen LogP contribution in [0.3, 0.4) is 0 Å². The van der Waals surface area contributed by atoms with Crippen LogP contribution in [0, 0.1) is 0 Å². The Bertz CT molecular complexity index is 1780. The van der Waals surface area contributed by atoms with E-state index in [9.17, 15) is 30.8 Å². The number of ether oxygens (including phenoxy) is 3. The Kier molecular flexibility index (Phi) is 13.9. The van der Waals surface area contributed by atoms with Crippen LogP contribution in [0.25, 0.3) is 0 Å². The zero-order chi connectivity index (χ0) is 36.9. The summed E-state index contributed by atoms with van der Waals surface area (Å²) in [6, 6.07) is 24.7. The van der Waals surface area contributed by atoms with Crippen LogP contribution < -0.4 is 19.9 Å². The molecule has 1 heterocycles. The van der Waals surface area contributed by atoms with Crippen LogP contribution in [-0.4, -0.2) is 72.8 Å². The summed E-state index contributed by atoms with van der Waals surface area (Å²) in [6.07, 6.45) is -0.0129. The van der Waals surface area contributed by atoms with Gasteiger partial charge in [-0.25, -0.2) is 8.42 Å². The van der Waals surface area contributed by atoms with Gasteiger partial charge in [-0.1, -0.05) is 42.5 Å². The molecule has 4 aromatic rings. The van der Waals surface area contributed by atoms with Crippen LogP contribution in [0.2, 0.25) is 0 Å². The fourth-order valence-corrected chi connectivity index (χ4v) is 6.21. The lowest BCUT2D eigenvalue weighted by Crippen LogP contribution is -2.64. The monoisotopic (exact) mass is 724 g/mol. The summed E-state index contributed by atoms with van der Waals surface area (Å²) in [5.41, 5.74) is 5.84. The highest BCUT2D eigenvalue weighted by Gasteiger charge is 2.52. The van der Waals surface area contributed by atoms with Crippen molar-refractivity contribution in [2.24, 2.45) is 5.73 Å². The maximum Gasteiger partial charge on any atom is 0.387 e. The lowest BCUT2D eigenvalue weighted by Gasteiger charge is -2.48. The van der Waals surface area contributed by atoms with E-state index < -0.39 is 40.9 Å². The van der Waals surface area contributed by atoms with E-state index in [0.717, 1.165) is 5.56 Å². The molecule has 1 saturated heterocycles. The van der Waals surface area contributed by atoms with Crippen molar-refractivity contribution in [3.8, 4) is 23.0 Å². The van der Waals surface area contributed by atoms with Crippen molar-refractivity contribution in [2.75, 3.05) is 13.1 Å². The molecule has 268 valence electrons. The fraction of sp³-hybridized carbons (Fsp3) is 0.212. The van der Waals surface area contributed by atoms with E-state index in [1.807, 2.05) is 30.3 Å². The number of halogens is 4. The second kappa shape index (κ2) is 17.8. The fourth-order valence-electron chi connectivity index (χ4n) is 4.61. The third-order valence-corrected chi connectivity index (χ3v) is 8.68. The van der Waals surface area contributed by atoms with Crippen molar-refractivity contribution in [3.63, 3.8) is 0 Å². The third kappa shape index (κ3) is 11.1. The highest BCUT2D eigenvalue weighted by atomic mass is 32.2. The summed E-state index contributed by atoms with van der Waals surface area (Å²) in [7, 11) is -3.91. The molecule has 0 radical (unpaired) electrons. The average molecular weight is 725 g/mol. The minimum absolute atomic E-state index is 0.00744. The molecule has 0 aromatic heterocycles. The zero-order valence-corrected chi connectivity index (χ0v) is 26.7. The highest BCUT2D eigenvalue weighted by molar-refractivity contribution is 7.89. The number of carbonyl (C=O) groups is 2. The number of hydrogen-bond donors (Lipinski definition) is 4. The molecule has 0 spiro atoms. The Labute approximate surface area is 283 Å². The number of rotatable bonds is 12. The van der Waals surface area contributed by atoms with Crippen molar-refractivity contribution in [1.29, 1.82) is 0 Å². The van der Waals surface area contributed by atoms with Crippen molar-refractivity contribution < 1.29 is 65.1 Å². The van der Waals surface area contributed by atoms with E-state index in [0.29, 0.717) is 11.3 Å². The molecule has 5 N–H and O–H groups in total. The number of aliphatic carboxylic acids is 1. The lowest BCUT2D eigenvalue weighted by atomic mass is 9.87. The Morgan fingerprint density at radius 2 is 1.34 bits per heavy atom. The normalized spacial score (nSPS) is 14.1. The molecule has 50 heavy (non-hydrogen) atoms. The van der Waals surface area contributed by atoms with E-state index in [4.69, 9.17) is 30.6 Å². The number of nitrogens with two attached hydrogens (primary N) is 1. The number of sulfonamides is 1. The Morgan fingerprint density at radius 1 is 0.840 bits per heavy atom. The van der Waals surface area contributed by atoms with E-state index in [-0.39, 0.29) is 48.1 Å². The predicted octanol–water partition coefficient (Wildman–Crippen LogP) is 4.92. The van der Waals surface area contributed by atoms with Crippen LogP contribution in [0.1, 0.15) is 11.1 Å². The second-order valence-corrected chi connectivity index (χ2v) is 12.3. The van der Waals surface area contributed by atoms with E-state index in [1.54, 1.807) is 12.1 Å². The van der Waals surface area contributed by atoms with E-state index in [1.165, 1.54) is 65.0 Å². The quantitative estimate of drug-likeness (QED) is 0.115. The van der Waals surface area contributed by atoms with Crippen molar-refractivity contribution >= 4 is 22.5 Å². The first-order valence-electron chi connectivity index (χ1n) is 14.4. The number of benzene rings is 4. The molecule has 0 saturated carbocycles. The molecule has 1 aliphatic rings. The summed E-state index contributed by atoms with van der Waals surface area (Å²) in [5, 5.41) is 24.7. The van der Waals surface area contributed by atoms with Gasteiger partial charge in [0.05, 0.1) is 18.0 Å². The minimum Gasteiger partial charge on any atom is -0.508 e. The Hall–Kier alpha value is -5.39. The molecule has 0 amide bonds. The van der Waals surface area contributed by atoms with Crippen molar-refractivity contribution in [2.45, 2.75) is 36.2 Å². The summed E-state index contributed by atoms with van der Waals surface area (Å²) in [4.78, 5) is 19.4. The standard InChI is InChI=1S/C25H24F2N2O6S.C7H6F2O2.CH2O2/c26-24(27)34-19-9-11-20(12-10-19)35-25(18-6-2-1-3-7-18)15-29(16-25)36(32,33)21-8-4-5-17(13-21)14-22(28)23(30)31;8-7(9)11-6-3-1-5(10)2-4-6;2-1-3/h1-13,22,24H,14-16,28H2,(H,30,31);1-4,7,10H;1H,(H,2,3)/t22-;;/m0../s1. The predicted molar refractivity (Wildman–Crippen MR) is 170 cm³/mol. The largest absolute Gasteiger partial charge is 0.508 e. The smallest absolute Gasteiger partial charge is 0.387 e. The van der Waals surface area contributed by atoms with Crippen LogP contribution in [-0.2, 0) is 31.6 Å². The average Bonchev–Trinajstić information content (AvgIpc) is 3.05.